The maximum atomic E-state index is 6.51. The molecule has 1 saturated carbocycles. The lowest BCUT2D eigenvalue weighted by Gasteiger charge is -2.51. The highest BCUT2D eigenvalue weighted by Gasteiger charge is 2.59. The summed E-state index contributed by atoms with van der Waals surface area (Å²) in [5.74, 6) is 0. The van der Waals surface area contributed by atoms with Gasteiger partial charge in [0.2, 0.25) is 0 Å². The standard InChI is InChI=1S/C70H74BN3O/c1-40-29-59-63-60(30-40)73-55-37-51-47(31-41(55)2)65(6,7)27-28-68(51,12)50-38-56-52(34-46(50)64(3,4)5)69(13)25-17-18-26-70(69,14)74(56)43-21-23-53(57(73)33-43)71(63)54-35-48-49(67(10,11)39-66(48,8)9)36-58(54)72(59)42-22-24-62-45(32-42)44-19-15-16-20-61(44)75-62/h15-16,19-24,29-38H,17-18,25-28,39H2,1-14H3. The molecule has 1 aromatic heterocycles. The van der Waals surface area contributed by atoms with Crippen LogP contribution in [0.2, 0.25) is 0 Å². The summed E-state index contributed by atoms with van der Waals surface area (Å²) in [6.07, 6.45) is 8.25. The SMILES string of the molecule is Cc1cc2c3c(c1)N1c4cc5c(cc4C)C(C)(C)CCC5(C)c4cc5c(cc4C(C)(C)C)C4(C)CCCCC4(C)N5c4ccc(c1c4)B3c1cc3c(cc1N2c1ccc2oc4ccccc4c2c1)C(C)(C)CC3(C)C. The zero-order chi connectivity index (χ0) is 52.1. The molecule has 7 aromatic carbocycles. The number of anilines is 8. The van der Waals surface area contributed by atoms with Gasteiger partial charge in [-0.25, -0.2) is 0 Å². The van der Waals surface area contributed by atoms with E-state index in [1.54, 1.807) is 5.56 Å². The molecular formula is C70H74BN3O. The second-order valence-electron chi connectivity index (χ2n) is 28.5. The summed E-state index contributed by atoms with van der Waals surface area (Å²) in [6, 6.07) is 44.4. The smallest absolute Gasteiger partial charge is 0.252 e. The van der Waals surface area contributed by atoms with E-state index in [9.17, 15) is 0 Å². The molecule has 0 saturated heterocycles. The van der Waals surface area contributed by atoms with Gasteiger partial charge < -0.3 is 19.1 Å². The van der Waals surface area contributed by atoms with Crippen LogP contribution in [0.4, 0.5) is 45.5 Å². The minimum absolute atomic E-state index is 0.000779. The van der Waals surface area contributed by atoms with E-state index < -0.39 is 0 Å². The van der Waals surface area contributed by atoms with E-state index in [0.717, 1.165) is 41.2 Å². The number of aryl methyl sites for hydroxylation is 2. The van der Waals surface area contributed by atoms with Crippen molar-refractivity contribution in [2.75, 3.05) is 14.7 Å². The minimum Gasteiger partial charge on any atom is -0.456 e. The topological polar surface area (TPSA) is 22.9 Å². The minimum atomic E-state index is -0.209. The second kappa shape index (κ2) is 14.2. The van der Waals surface area contributed by atoms with Gasteiger partial charge >= 0.3 is 0 Å². The highest BCUT2D eigenvalue weighted by atomic mass is 16.3. The van der Waals surface area contributed by atoms with Gasteiger partial charge in [-0.15, -0.1) is 0 Å². The van der Waals surface area contributed by atoms with Gasteiger partial charge in [0.25, 0.3) is 6.71 Å². The molecule has 378 valence electrons. The second-order valence-corrected chi connectivity index (χ2v) is 28.5. The van der Waals surface area contributed by atoms with Crippen LogP contribution in [-0.4, -0.2) is 12.3 Å². The molecule has 7 aliphatic rings. The molecule has 6 bridgehead atoms. The van der Waals surface area contributed by atoms with E-state index in [0.29, 0.717) is 0 Å². The van der Waals surface area contributed by atoms with E-state index in [1.807, 2.05) is 0 Å². The molecule has 5 heterocycles. The van der Waals surface area contributed by atoms with Crippen molar-refractivity contribution in [1.29, 1.82) is 0 Å². The van der Waals surface area contributed by atoms with Crippen LogP contribution in [0.1, 0.15) is 178 Å². The Bertz CT molecular complexity index is 3900. The fourth-order valence-electron chi connectivity index (χ4n) is 17.4. The lowest BCUT2D eigenvalue weighted by Crippen LogP contribution is -2.61. The maximum absolute atomic E-state index is 6.51. The molecule has 3 atom stereocenters. The average Bonchev–Trinajstić information content (AvgIpc) is 3.91. The highest BCUT2D eigenvalue weighted by Crippen LogP contribution is 2.64. The van der Waals surface area contributed by atoms with E-state index in [1.165, 1.54) is 132 Å². The van der Waals surface area contributed by atoms with Gasteiger partial charge in [-0.2, -0.15) is 0 Å². The summed E-state index contributed by atoms with van der Waals surface area (Å²) in [5.41, 5.74) is 29.4. The number of para-hydroxylation sites is 1. The largest absolute Gasteiger partial charge is 0.456 e. The van der Waals surface area contributed by atoms with E-state index in [4.69, 9.17) is 4.42 Å². The quantitative estimate of drug-likeness (QED) is 0.153. The van der Waals surface area contributed by atoms with Crippen LogP contribution >= 0.6 is 0 Å². The van der Waals surface area contributed by atoms with Crippen LogP contribution in [0.15, 0.2) is 114 Å². The number of hydrogen-bond acceptors (Lipinski definition) is 4. The van der Waals surface area contributed by atoms with Crippen LogP contribution in [0, 0.1) is 13.8 Å². The summed E-state index contributed by atoms with van der Waals surface area (Å²) in [5, 5.41) is 2.31. The third-order valence-corrected chi connectivity index (χ3v) is 21.4. The van der Waals surface area contributed by atoms with Crippen molar-refractivity contribution in [2.45, 2.75) is 180 Å². The summed E-state index contributed by atoms with van der Waals surface area (Å²) >= 11 is 0. The number of furan rings is 1. The predicted octanol–water partition coefficient (Wildman–Crippen LogP) is 17.0. The number of benzene rings is 7. The Kier molecular flexibility index (Phi) is 8.76. The van der Waals surface area contributed by atoms with E-state index >= 15 is 0 Å². The Balaban J connectivity index is 1.08. The summed E-state index contributed by atoms with van der Waals surface area (Å²) < 4.78 is 6.51. The molecule has 4 aliphatic heterocycles. The summed E-state index contributed by atoms with van der Waals surface area (Å²) in [4.78, 5) is 8.29. The zero-order valence-electron chi connectivity index (χ0n) is 47.2. The Morgan fingerprint density at radius 3 is 1.92 bits per heavy atom. The number of hydrogen-bond donors (Lipinski definition) is 0. The van der Waals surface area contributed by atoms with Crippen molar-refractivity contribution in [1.82, 2.24) is 0 Å². The zero-order valence-corrected chi connectivity index (χ0v) is 47.2. The molecule has 5 heteroatoms. The third kappa shape index (κ3) is 5.76. The van der Waals surface area contributed by atoms with Gasteiger partial charge in [-0.3, -0.25) is 0 Å². The first-order valence-corrected chi connectivity index (χ1v) is 28.6. The Morgan fingerprint density at radius 2 is 1.15 bits per heavy atom. The van der Waals surface area contributed by atoms with Gasteiger partial charge in [0, 0.05) is 67.1 Å². The predicted molar refractivity (Wildman–Crippen MR) is 318 cm³/mol. The fourth-order valence-corrected chi connectivity index (χ4v) is 17.4. The first kappa shape index (κ1) is 46.1. The Labute approximate surface area is 446 Å². The Hall–Kier alpha value is -6.20. The molecule has 3 unspecified atom stereocenters. The van der Waals surface area contributed by atoms with Crippen LogP contribution in [0.5, 0.6) is 0 Å². The van der Waals surface area contributed by atoms with Gasteiger partial charge in [-0.05, 0) is 208 Å². The van der Waals surface area contributed by atoms with E-state index in [2.05, 4.69) is 221 Å². The maximum Gasteiger partial charge on any atom is 0.252 e. The van der Waals surface area contributed by atoms with Crippen LogP contribution in [-0.2, 0) is 32.5 Å². The van der Waals surface area contributed by atoms with Gasteiger partial charge in [-0.1, -0.05) is 131 Å². The number of nitrogens with zero attached hydrogens (tertiary/aromatic N) is 3. The molecule has 1 fully saturated rings. The van der Waals surface area contributed by atoms with Crippen molar-refractivity contribution >= 4 is 90.5 Å². The van der Waals surface area contributed by atoms with Crippen molar-refractivity contribution in [3.63, 3.8) is 0 Å². The molecule has 15 rings (SSSR count). The first-order chi connectivity index (χ1) is 35.4. The number of rotatable bonds is 1. The van der Waals surface area contributed by atoms with Crippen molar-refractivity contribution in [2.24, 2.45) is 0 Å². The first-order valence-electron chi connectivity index (χ1n) is 28.6. The average molecular weight is 984 g/mol. The fraction of sp³-hybridized carbons (Fsp3) is 0.400. The monoisotopic (exact) mass is 984 g/mol. The Morgan fingerprint density at radius 1 is 0.493 bits per heavy atom. The van der Waals surface area contributed by atoms with Crippen molar-refractivity contribution in [3.05, 3.63) is 159 Å². The molecule has 0 N–H and O–H groups in total. The molecule has 0 amide bonds. The van der Waals surface area contributed by atoms with Crippen LogP contribution in [0.25, 0.3) is 21.9 Å². The molecule has 0 radical (unpaired) electrons. The molecule has 75 heavy (non-hydrogen) atoms. The van der Waals surface area contributed by atoms with Crippen LogP contribution < -0.4 is 31.1 Å². The molecule has 8 aromatic rings. The van der Waals surface area contributed by atoms with Crippen LogP contribution in [0.3, 0.4) is 0 Å². The highest BCUT2D eigenvalue weighted by molar-refractivity contribution is 7.00. The molecule has 4 nitrogen and oxygen atoms in total. The number of fused-ring (bicyclic) bond motifs is 17. The molecule has 3 aliphatic carbocycles. The summed E-state index contributed by atoms with van der Waals surface area (Å²) in [6.45, 7) is 35.0. The van der Waals surface area contributed by atoms with Crippen molar-refractivity contribution in [3.8, 4) is 0 Å². The molecular weight excluding hydrogens is 910 g/mol. The van der Waals surface area contributed by atoms with Gasteiger partial charge in [0.05, 0.1) is 5.54 Å². The van der Waals surface area contributed by atoms with Gasteiger partial charge in [0.1, 0.15) is 11.2 Å². The van der Waals surface area contributed by atoms with Gasteiger partial charge in [0.15, 0.2) is 0 Å². The van der Waals surface area contributed by atoms with Crippen molar-refractivity contribution < 1.29 is 4.42 Å². The third-order valence-electron chi connectivity index (χ3n) is 21.4. The van der Waals surface area contributed by atoms with E-state index in [-0.39, 0.29) is 44.7 Å². The normalized spacial score (nSPS) is 24.7. The summed E-state index contributed by atoms with van der Waals surface area (Å²) in [7, 11) is 0. The molecule has 0 spiro atoms. The lowest BCUT2D eigenvalue weighted by atomic mass is 9.33. The lowest BCUT2D eigenvalue weighted by molar-refractivity contribution is 0.195.